The van der Waals surface area contributed by atoms with Crippen LogP contribution in [0.1, 0.15) is 83.4 Å². The van der Waals surface area contributed by atoms with Crippen molar-refractivity contribution in [1.29, 1.82) is 0 Å². The molecule has 4 saturated carbocycles. The maximum Gasteiger partial charge on any atom is 0.0809 e. The van der Waals surface area contributed by atoms with E-state index < -0.39 is 0 Å². The summed E-state index contributed by atoms with van der Waals surface area (Å²) in [5.74, 6) is 2.76. The van der Waals surface area contributed by atoms with Gasteiger partial charge in [0.25, 0.3) is 0 Å². The molecular formula is C26H40N2O2. The van der Waals surface area contributed by atoms with Gasteiger partial charge in [-0.25, -0.2) is 0 Å². The highest BCUT2D eigenvalue weighted by atomic mass is 16.3. The Hall–Kier alpha value is -1.13. The Morgan fingerprint density at radius 2 is 1.87 bits per heavy atom. The van der Waals surface area contributed by atoms with Crippen LogP contribution in [0.4, 0.5) is 0 Å². The van der Waals surface area contributed by atoms with Gasteiger partial charge in [-0.3, -0.25) is 4.68 Å². The summed E-state index contributed by atoms with van der Waals surface area (Å²) >= 11 is 0. The first kappa shape index (κ1) is 20.8. The zero-order valence-electron chi connectivity index (χ0n) is 19.3. The lowest BCUT2D eigenvalue weighted by Crippen LogP contribution is -2.54. The summed E-state index contributed by atoms with van der Waals surface area (Å²) in [6.07, 6.45) is 13.1. The van der Waals surface area contributed by atoms with Crippen LogP contribution in [0.3, 0.4) is 0 Å². The Balaban J connectivity index is 1.44. The Bertz CT molecular complexity index is 844. The molecule has 0 bridgehead atoms. The zero-order valence-corrected chi connectivity index (χ0v) is 19.3. The fourth-order valence-corrected chi connectivity index (χ4v) is 8.27. The number of aliphatic hydroxyl groups excluding tert-OH is 2. The topological polar surface area (TPSA) is 58.3 Å². The molecule has 166 valence electrons. The van der Waals surface area contributed by atoms with E-state index in [0.717, 1.165) is 49.8 Å². The second-order valence-electron chi connectivity index (χ2n) is 11.5. The van der Waals surface area contributed by atoms with Gasteiger partial charge in [0, 0.05) is 23.7 Å². The van der Waals surface area contributed by atoms with Gasteiger partial charge in [-0.2, -0.15) is 5.10 Å². The molecular weight excluding hydrogens is 372 g/mol. The smallest absolute Gasteiger partial charge is 0.0809 e. The van der Waals surface area contributed by atoms with Gasteiger partial charge >= 0.3 is 0 Å². The van der Waals surface area contributed by atoms with Gasteiger partial charge in [-0.05, 0) is 106 Å². The molecule has 4 aliphatic rings. The monoisotopic (exact) mass is 412 g/mol. The lowest BCUT2D eigenvalue weighted by Gasteiger charge is -2.60. The maximum absolute atomic E-state index is 11.5. The van der Waals surface area contributed by atoms with Crippen molar-refractivity contribution in [2.45, 2.75) is 97.8 Å². The Morgan fingerprint density at radius 1 is 1.10 bits per heavy atom. The summed E-state index contributed by atoms with van der Waals surface area (Å²) in [5.41, 5.74) is 3.86. The number of aryl methyl sites for hydroxylation is 2. The van der Waals surface area contributed by atoms with Crippen LogP contribution in [-0.4, -0.2) is 32.2 Å². The molecule has 0 unspecified atom stereocenters. The van der Waals surface area contributed by atoms with Gasteiger partial charge < -0.3 is 10.2 Å². The minimum atomic E-state index is -0.327. The minimum Gasteiger partial charge on any atom is -0.393 e. The summed E-state index contributed by atoms with van der Waals surface area (Å²) in [7, 11) is 0. The summed E-state index contributed by atoms with van der Waals surface area (Å²) < 4.78 is 1.99. The number of hydrogen-bond donors (Lipinski definition) is 2. The van der Waals surface area contributed by atoms with Crippen molar-refractivity contribution in [3.8, 4) is 0 Å². The normalized spacial score (nSPS) is 47.1. The number of aliphatic hydroxyl groups is 2. The summed E-state index contributed by atoms with van der Waals surface area (Å²) in [6.45, 7) is 9.97. The van der Waals surface area contributed by atoms with Crippen LogP contribution in [0.15, 0.2) is 11.8 Å². The van der Waals surface area contributed by atoms with Crippen LogP contribution in [0.2, 0.25) is 0 Å². The van der Waals surface area contributed by atoms with E-state index in [2.05, 4.69) is 45.1 Å². The van der Waals surface area contributed by atoms with Crippen LogP contribution in [-0.2, 0) is 6.54 Å². The molecule has 1 aromatic rings. The predicted molar refractivity (Wildman–Crippen MR) is 120 cm³/mol. The molecule has 0 spiro atoms. The summed E-state index contributed by atoms with van der Waals surface area (Å²) in [6, 6.07) is 0. The molecule has 1 heterocycles. The number of nitrogens with zero attached hydrogens (tertiary/aromatic N) is 2. The molecule has 4 aliphatic carbocycles. The molecule has 2 N–H and O–H groups in total. The fraction of sp³-hybridized carbons (Fsp3) is 0.808. The molecule has 0 aliphatic heterocycles. The van der Waals surface area contributed by atoms with Crippen LogP contribution >= 0.6 is 0 Å². The van der Waals surface area contributed by atoms with Gasteiger partial charge in [-0.15, -0.1) is 0 Å². The van der Waals surface area contributed by atoms with Crippen molar-refractivity contribution in [3.63, 3.8) is 0 Å². The molecule has 0 amide bonds. The second kappa shape index (κ2) is 7.20. The van der Waals surface area contributed by atoms with Crippen molar-refractivity contribution in [1.82, 2.24) is 9.78 Å². The standard InChI is InChI=1S/C26H40N2O2/c1-5-28-15-18(16(2)27-28)12-17-13-23-21-7-6-19-14-20(29)8-10-25(19,3)22(21)9-11-26(23,4)24(17)30/h12,15,19-24,29-30H,5-11,13-14H2,1-4H3/b17-12-/t19-,20-,21-,22+,23+,24-,25-,26+/m0/s1. The van der Waals surface area contributed by atoms with E-state index in [1.54, 1.807) is 0 Å². The molecule has 0 radical (unpaired) electrons. The van der Waals surface area contributed by atoms with Crippen molar-refractivity contribution in [2.75, 3.05) is 0 Å². The second-order valence-corrected chi connectivity index (χ2v) is 11.5. The largest absolute Gasteiger partial charge is 0.393 e. The zero-order chi connectivity index (χ0) is 21.3. The Morgan fingerprint density at radius 3 is 2.60 bits per heavy atom. The fourth-order valence-electron chi connectivity index (χ4n) is 8.27. The number of aromatic nitrogens is 2. The minimum absolute atomic E-state index is 0.0129. The number of hydrogen-bond acceptors (Lipinski definition) is 3. The molecule has 4 fully saturated rings. The van der Waals surface area contributed by atoms with Gasteiger partial charge in [0.05, 0.1) is 17.9 Å². The first-order valence-corrected chi connectivity index (χ1v) is 12.4. The molecule has 5 rings (SSSR count). The SMILES string of the molecule is CCn1cc(/C=C2/C[C@@H]3[C@H]4CC[C@H]5C[C@@H](O)CC[C@]5(C)[C@@H]4CC[C@@]3(C)[C@H]2O)c(C)n1. The molecule has 8 atom stereocenters. The van der Waals surface area contributed by atoms with E-state index in [4.69, 9.17) is 0 Å². The first-order valence-electron chi connectivity index (χ1n) is 12.4. The third-order valence-electron chi connectivity index (χ3n) is 10.2. The molecule has 1 aromatic heterocycles. The quantitative estimate of drug-likeness (QED) is 0.721. The van der Waals surface area contributed by atoms with E-state index in [0.29, 0.717) is 17.3 Å². The highest BCUT2D eigenvalue weighted by Gasteiger charge is 2.61. The van der Waals surface area contributed by atoms with Gasteiger partial charge in [0.15, 0.2) is 0 Å². The van der Waals surface area contributed by atoms with Crippen LogP contribution < -0.4 is 0 Å². The molecule has 4 heteroatoms. The maximum atomic E-state index is 11.5. The van der Waals surface area contributed by atoms with Gasteiger partial charge in [0.1, 0.15) is 0 Å². The Labute approximate surface area is 181 Å². The van der Waals surface area contributed by atoms with Crippen molar-refractivity contribution in [2.24, 2.45) is 34.5 Å². The van der Waals surface area contributed by atoms with E-state index in [9.17, 15) is 10.2 Å². The van der Waals surface area contributed by atoms with Crippen molar-refractivity contribution in [3.05, 3.63) is 23.0 Å². The van der Waals surface area contributed by atoms with Crippen molar-refractivity contribution >= 4 is 6.08 Å². The van der Waals surface area contributed by atoms with Crippen LogP contribution in [0.25, 0.3) is 6.08 Å². The third kappa shape index (κ3) is 2.97. The third-order valence-corrected chi connectivity index (χ3v) is 10.2. The van der Waals surface area contributed by atoms with E-state index in [-0.39, 0.29) is 17.6 Å². The average molecular weight is 413 g/mol. The van der Waals surface area contributed by atoms with Gasteiger partial charge in [-0.1, -0.05) is 13.8 Å². The highest BCUT2D eigenvalue weighted by molar-refractivity contribution is 5.56. The average Bonchev–Trinajstić information content (AvgIpc) is 3.20. The van der Waals surface area contributed by atoms with Crippen LogP contribution in [0.5, 0.6) is 0 Å². The molecule has 0 aromatic carbocycles. The number of rotatable bonds is 2. The van der Waals surface area contributed by atoms with E-state index in [1.165, 1.54) is 36.8 Å². The Kier molecular flexibility index (Phi) is 4.98. The summed E-state index contributed by atoms with van der Waals surface area (Å²) in [5, 5.41) is 26.3. The summed E-state index contributed by atoms with van der Waals surface area (Å²) in [4.78, 5) is 0. The van der Waals surface area contributed by atoms with E-state index >= 15 is 0 Å². The molecule has 0 saturated heterocycles. The predicted octanol–water partition coefficient (Wildman–Crippen LogP) is 4.97. The molecule has 30 heavy (non-hydrogen) atoms. The van der Waals surface area contributed by atoms with Gasteiger partial charge in [0.2, 0.25) is 0 Å². The van der Waals surface area contributed by atoms with Crippen LogP contribution in [0, 0.1) is 41.4 Å². The van der Waals surface area contributed by atoms with E-state index in [1.807, 2.05) is 4.68 Å². The first-order chi connectivity index (χ1) is 14.3. The highest BCUT2D eigenvalue weighted by Crippen LogP contribution is 2.67. The molecule has 4 nitrogen and oxygen atoms in total. The lowest BCUT2D eigenvalue weighted by atomic mass is 9.45. The lowest BCUT2D eigenvalue weighted by molar-refractivity contribution is -0.133. The number of fused-ring (bicyclic) bond motifs is 5. The van der Waals surface area contributed by atoms with Crippen molar-refractivity contribution < 1.29 is 10.2 Å².